The van der Waals surface area contributed by atoms with Crippen LogP contribution >= 0.6 is 0 Å². The molecule has 3 nitrogen and oxygen atoms in total. The molecule has 1 heterocycles. The Balaban J connectivity index is 1.87. The van der Waals surface area contributed by atoms with Crippen molar-refractivity contribution in [2.24, 2.45) is 5.92 Å². The second-order valence-electron chi connectivity index (χ2n) is 4.86. The molecule has 0 unspecified atom stereocenters. The molecular weight excluding hydrogens is 216 g/mol. The number of aliphatic hydroxyl groups is 1. The van der Waals surface area contributed by atoms with Gasteiger partial charge in [-0.25, -0.2) is 8.78 Å². The molecule has 5 heteroatoms. The molecule has 2 rings (SSSR count). The van der Waals surface area contributed by atoms with Crippen LogP contribution in [-0.4, -0.2) is 41.0 Å². The first kappa shape index (κ1) is 11.8. The SMILES string of the molecule is O=C(C1CCC(F)(F)CC1)N1CC[C@@H](O)C1. The molecule has 1 saturated heterocycles. The molecule has 1 saturated carbocycles. The Morgan fingerprint density at radius 2 is 1.88 bits per heavy atom. The van der Waals surface area contributed by atoms with Gasteiger partial charge in [0.05, 0.1) is 6.10 Å². The average molecular weight is 233 g/mol. The highest BCUT2D eigenvalue weighted by molar-refractivity contribution is 5.79. The first-order chi connectivity index (χ1) is 7.48. The van der Waals surface area contributed by atoms with Gasteiger partial charge in [0.1, 0.15) is 0 Å². The normalized spacial score (nSPS) is 30.7. The van der Waals surface area contributed by atoms with Crippen molar-refractivity contribution in [1.29, 1.82) is 0 Å². The highest BCUT2D eigenvalue weighted by atomic mass is 19.3. The van der Waals surface area contributed by atoms with E-state index in [1.807, 2.05) is 0 Å². The number of alkyl halides is 2. The number of hydrogen-bond donors (Lipinski definition) is 1. The van der Waals surface area contributed by atoms with Crippen LogP contribution in [0.3, 0.4) is 0 Å². The number of halogens is 2. The minimum Gasteiger partial charge on any atom is -0.391 e. The minimum atomic E-state index is -2.58. The van der Waals surface area contributed by atoms with Crippen LogP contribution in [0.15, 0.2) is 0 Å². The Bertz CT molecular complexity index is 273. The molecule has 1 N–H and O–H groups in total. The fourth-order valence-electron chi connectivity index (χ4n) is 2.49. The molecule has 1 amide bonds. The van der Waals surface area contributed by atoms with Crippen LogP contribution in [0.25, 0.3) is 0 Å². The summed E-state index contributed by atoms with van der Waals surface area (Å²) in [6.07, 6.45) is 0.361. The van der Waals surface area contributed by atoms with Crippen LogP contribution < -0.4 is 0 Å². The second-order valence-corrected chi connectivity index (χ2v) is 4.86. The topological polar surface area (TPSA) is 40.5 Å². The molecule has 0 aromatic rings. The number of nitrogens with zero attached hydrogens (tertiary/aromatic N) is 1. The monoisotopic (exact) mass is 233 g/mol. The summed E-state index contributed by atoms with van der Waals surface area (Å²) in [5.74, 6) is -2.89. The van der Waals surface area contributed by atoms with Gasteiger partial charge >= 0.3 is 0 Å². The van der Waals surface area contributed by atoms with E-state index in [4.69, 9.17) is 0 Å². The molecule has 0 aromatic carbocycles. The lowest BCUT2D eigenvalue weighted by molar-refractivity contribution is -0.138. The zero-order valence-corrected chi connectivity index (χ0v) is 9.16. The van der Waals surface area contributed by atoms with Crippen molar-refractivity contribution in [1.82, 2.24) is 4.90 Å². The van der Waals surface area contributed by atoms with Gasteiger partial charge in [0.15, 0.2) is 0 Å². The van der Waals surface area contributed by atoms with Crippen LogP contribution in [-0.2, 0) is 4.79 Å². The fourth-order valence-corrected chi connectivity index (χ4v) is 2.49. The Kier molecular flexibility index (Phi) is 3.15. The molecule has 0 radical (unpaired) electrons. The van der Waals surface area contributed by atoms with Crippen LogP contribution in [0, 0.1) is 5.92 Å². The van der Waals surface area contributed by atoms with E-state index in [-0.39, 0.29) is 37.5 Å². The highest BCUT2D eigenvalue weighted by Crippen LogP contribution is 2.37. The molecule has 2 aliphatic rings. The van der Waals surface area contributed by atoms with Crippen molar-refractivity contribution in [2.45, 2.75) is 44.1 Å². The molecule has 2 fully saturated rings. The van der Waals surface area contributed by atoms with E-state index in [0.29, 0.717) is 19.5 Å². The predicted octanol–water partition coefficient (Wildman–Crippen LogP) is 1.41. The van der Waals surface area contributed by atoms with Crippen molar-refractivity contribution in [3.05, 3.63) is 0 Å². The third-order valence-electron chi connectivity index (χ3n) is 3.54. The van der Waals surface area contributed by atoms with Crippen molar-refractivity contribution < 1.29 is 18.7 Å². The smallest absolute Gasteiger partial charge is 0.248 e. The lowest BCUT2D eigenvalue weighted by Crippen LogP contribution is -2.38. The van der Waals surface area contributed by atoms with Gasteiger partial charge in [0.25, 0.3) is 0 Å². The maximum atomic E-state index is 12.9. The highest BCUT2D eigenvalue weighted by Gasteiger charge is 2.39. The Hall–Kier alpha value is -0.710. The predicted molar refractivity (Wildman–Crippen MR) is 54.1 cm³/mol. The second kappa shape index (κ2) is 4.28. The summed E-state index contributed by atoms with van der Waals surface area (Å²) in [7, 11) is 0. The number of amides is 1. The van der Waals surface area contributed by atoms with E-state index in [0.717, 1.165) is 0 Å². The van der Waals surface area contributed by atoms with Crippen LogP contribution in [0.4, 0.5) is 8.78 Å². The Morgan fingerprint density at radius 1 is 1.25 bits per heavy atom. The molecule has 0 bridgehead atoms. The quantitative estimate of drug-likeness (QED) is 0.743. The van der Waals surface area contributed by atoms with Crippen molar-refractivity contribution in [2.75, 3.05) is 13.1 Å². The molecule has 1 aliphatic carbocycles. The summed E-state index contributed by atoms with van der Waals surface area (Å²) in [5, 5.41) is 9.32. The third-order valence-corrected chi connectivity index (χ3v) is 3.54. The van der Waals surface area contributed by atoms with Crippen LogP contribution in [0.2, 0.25) is 0 Å². The molecule has 92 valence electrons. The van der Waals surface area contributed by atoms with E-state index in [1.165, 1.54) is 0 Å². The molecule has 1 atom stereocenters. The largest absolute Gasteiger partial charge is 0.391 e. The lowest BCUT2D eigenvalue weighted by Gasteiger charge is -2.30. The number of likely N-dealkylation sites (tertiary alicyclic amines) is 1. The summed E-state index contributed by atoms with van der Waals surface area (Å²) < 4.78 is 25.8. The Labute approximate surface area is 93.4 Å². The van der Waals surface area contributed by atoms with Gasteiger partial charge in [0, 0.05) is 31.8 Å². The van der Waals surface area contributed by atoms with E-state index in [1.54, 1.807) is 4.90 Å². The van der Waals surface area contributed by atoms with Gasteiger partial charge in [-0.05, 0) is 19.3 Å². The van der Waals surface area contributed by atoms with Crippen molar-refractivity contribution >= 4 is 5.91 Å². The summed E-state index contributed by atoms with van der Waals surface area (Å²) >= 11 is 0. The van der Waals surface area contributed by atoms with E-state index in [2.05, 4.69) is 0 Å². The molecular formula is C11H17F2NO2. The van der Waals surface area contributed by atoms with Gasteiger partial charge in [0.2, 0.25) is 11.8 Å². The molecule has 16 heavy (non-hydrogen) atoms. The summed E-state index contributed by atoms with van der Waals surface area (Å²) in [6.45, 7) is 0.929. The summed E-state index contributed by atoms with van der Waals surface area (Å²) in [5.41, 5.74) is 0. The summed E-state index contributed by atoms with van der Waals surface area (Å²) in [4.78, 5) is 13.5. The number of β-amino-alcohol motifs (C(OH)–C–C–N with tert-alkyl or cyclic N) is 1. The number of hydrogen-bond acceptors (Lipinski definition) is 2. The first-order valence-electron chi connectivity index (χ1n) is 5.83. The van der Waals surface area contributed by atoms with Crippen LogP contribution in [0.1, 0.15) is 32.1 Å². The van der Waals surface area contributed by atoms with Crippen molar-refractivity contribution in [3.8, 4) is 0 Å². The maximum absolute atomic E-state index is 12.9. The molecule has 0 aromatic heterocycles. The van der Waals surface area contributed by atoms with E-state index < -0.39 is 12.0 Å². The van der Waals surface area contributed by atoms with Gasteiger partial charge in [-0.1, -0.05) is 0 Å². The number of rotatable bonds is 1. The zero-order chi connectivity index (χ0) is 11.8. The van der Waals surface area contributed by atoms with E-state index in [9.17, 15) is 18.7 Å². The zero-order valence-electron chi connectivity index (χ0n) is 9.16. The van der Waals surface area contributed by atoms with E-state index >= 15 is 0 Å². The Morgan fingerprint density at radius 3 is 2.38 bits per heavy atom. The number of aliphatic hydroxyl groups excluding tert-OH is 1. The molecule has 1 aliphatic heterocycles. The lowest BCUT2D eigenvalue weighted by atomic mass is 9.86. The van der Waals surface area contributed by atoms with Gasteiger partial charge < -0.3 is 10.0 Å². The van der Waals surface area contributed by atoms with Crippen molar-refractivity contribution in [3.63, 3.8) is 0 Å². The fraction of sp³-hybridized carbons (Fsp3) is 0.909. The number of carbonyl (C=O) groups is 1. The maximum Gasteiger partial charge on any atom is 0.248 e. The van der Waals surface area contributed by atoms with Gasteiger partial charge in [-0.2, -0.15) is 0 Å². The minimum absolute atomic E-state index is 0.0490. The molecule has 0 spiro atoms. The summed E-state index contributed by atoms with van der Waals surface area (Å²) in [6, 6.07) is 0. The van der Waals surface area contributed by atoms with Gasteiger partial charge in [-0.15, -0.1) is 0 Å². The van der Waals surface area contributed by atoms with Gasteiger partial charge in [-0.3, -0.25) is 4.79 Å². The number of carbonyl (C=O) groups excluding carboxylic acids is 1. The standard InChI is InChI=1S/C11H17F2NO2/c12-11(13)4-1-8(2-5-11)10(16)14-6-3-9(15)7-14/h8-9,15H,1-7H2/t9-/m1/s1. The average Bonchev–Trinajstić information content (AvgIpc) is 2.64. The third kappa shape index (κ3) is 2.51. The van der Waals surface area contributed by atoms with Crippen LogP contribution in [0.5, 0.6) is 0 Å². The first-order valence-corrected chi connectivity index (χ1v) is 5.83.